The van der Waals surface area contributed by atoms with E-state index < -0.39 is 6.10 Å². The van der Waals surface area contributed by atoms with Gasteiger partial charge in [-0.3, -0.25) is 4.79 Å². The number of aliphatic hydroxyl groups excluding tert-OH is 1. The second-order valence-corrected chi connectivity index (χ2v) is 8.01. The first-order valence-electron chi connectivity index (χ1n) is 10.7. The second kappa shape index (κ2) is 13.0. The number of carbonyl (C=O) groups is 1. The molecule has 2 fully saturated rings. The van der Waals surface area contributed by atoms with Crippen molar-refractivity contribution < 1.29 is 14.6 Å². The minimum Gasteiger partial charge on any atom is -0.464 e. The lowest BCUT2D eigenvalue weighted by Gasteiger charge is -2.36. The number of esters is 1. The van der Waals surface area contributed by atoms with Gasteiger partial charge in [-0.1, -0.05) is 52.4 Å². The smallest absolute Gasteiger partial charge is 0.311 e. The van der Waals surface area contributed by atoms with Crippen molar-refractivity contribution in [2.24, 2.45) is 17.8 Å². The van der Waals surface area contributed by atoms with Crippen molar-refractivity contribution in [2.45, 2.75) is 84.2 Å². The molecule has 0 aromatic carbocycles. The van der Waals surface area contributed by atoms with Crippen LogP contribution in [-0.4, -0.2) is 48.3 Å². The summed E-state index contributed by atoms with van der Waals surface area (Å²) in [6, 6.07) is 0. The summed E-state index contributed by atoms with van der Waals surface area (Å²) in [4.78, 5) is 15.1. The van der Waals surface area contributed by atoms with Crippen LogP contribution in [0.2, 0.25) is 0 Å². The van der Waals surface area contributed by atoms with Gasteiger partial charge in [0.05, 0.1) is 12.0 Å². The minimum absolute atomic E-state index is 0. The van der Waals surface area contributed by atoms with E-state index in [-0.39, 0.29) is 30.2 Å². The van der Waals surface area contributed by atoms with Crippen LogP contribution in [0.5, 0.6) is 0 Å². The topological polar surface area (TPSA) is 49.8 Å². The van der Waals surface area contributed by atoms with Crippen LogP contribution in [-0.2, 0) is 9.53 Å². The first kappa shape index (κ1) is 23.7. The molecule has 0 bridgehead atoms. The van der Waals surface area contributed by atoms with Crippen LogP contribution in [0.4, 0.5) is 0 Å². The molecular formula is C21H40ClNO3. The average Bonchev–Trinajstić information content (AvgIpc) is 2.67. The highest BCUT2D eigenvalue weighted by atomic mass is 35.5. The van der Waals surface area contributed by atoms with E-state index in [9.17, 15) is 9.90 Å². The number of likely N-dealkylation sites (N-methyl/N-ethyl adjacent to an activating group) is 1. The Morgan fingerprint density at radius 2 is 1.46 bits per heavy atom. The number of nitrogens with zero attached hydrogens (tertiary/aromatic N) is 1. The molecule has 154 valence electrons. The van der Waals surface area contributed by atoms with E-state index in [1.807, 2.05) is 0 Å². The van der Waals surface area contributed by atoms with Crippen LogP contribution in [0.25, 0.3) is 0 Å². The quantitative estimate of drug-likeness (QED) is 0.592. The number of aliphatic hydroxyl groups is 1. The van der Waals surface area contributed by atoms with Crippen molar-refractivity contribution >= 4 is 18.4 Å². The zero-order chi connectivity index (χ0) is 18.1. The maximum absolute atomic E-state index is 12.9. The molecule has 0 heterocycles. The van der Waals surface area contributed by atoms with Gasteiger partial charge in [0, 0.05) is 6.54 Å². The third-order valence-corrected chi connectivity index (χ3v) is 6.48. The van der Waals surface area contributed by atoms with E-state index >= 15 is 0 Å². The van der Waals surface area contributed by atoms with Gasteiger partial charge in [0.1, 0.15) is 6.61 Å². The van der Waals surface area contributed by atoms with E-state index in [1.165, 1.54) is 38.5 Å². The Kier molecular flexibility index (Phi) is 11.8. The molecule has 0 radical (unpaired) electrons. The van der Waals surface area contributed by atoms with Gasteiger partial charge < -0.3 is 14.7 Å². The summed E-state index contributed by atoms with van der Waals surface area (Å²) in [7, 11) is 0. The summed E-state index contributed by atoms with van der Waals surface area (Å²) < 4.78 is 5.66. The Morgan fingerprint density at radius 1 is 0.962 bits per heavy atom. The Morgan fingerprint density at radius 3 is 1.96 bits per heavy atom. The molecule has 2 aliphatic rings. The summed E-state index contributed by atoms with van der Waals surface area (Å²) >= 11 is 0. The van der Waals surface area contributed by atoms with Gasteiger partial charge >= 0.3 is 5.97 Å². The molecule has 5 heteroatoms. The van der Waals surface area contributed by atoms with Crippen molar-refractivity contribution in [1.82, 2.24) is 4.90 Å². The van der Waals surface area contributed by atoms with Crippen LogP contribution >= 0.6 is 12.4 Å². The van der Waals surface area contributed by atoms with E-state index in [2.05, 4.69) is 18.7 Å². The molecule has 0 amide bonds. The average molecular weight is 390 g/mol. The maximum atomic E-state index is 12.9. The largest absolute Gasteiger partial charge is 0.464 e. The van der Waals surface area contributed by atoms with Crippen molar-refractivity contribution in [1.29, 1.82) is 0 Å². The lowest BCUT2D eigenvalue weighted by molar-refractivity contribution is -0.159. The van der Waals surface area contributed by atoms with Crippen molar-refractivity contribution in [3.05, 3.63) is 0 Å². The fraction of sp³-hybridized carbons (Fsp3) is 0.952. The SMILES string of the molecule is CCN(CC)CCOC(=O)C(C1CCCCC1)C(O)C1CCCCC1.Cl. The molecule has 0 aliphatic heterocycles. The molecule has 0 aromatic heterocycles. The first-order valence-corrected chi connectivity index (χ1v) is 10.7. The van der Waals surface area contributed by atoms with Gasteiger partial charge in [-0.15, -0.1) is 12.4 Å². The summed E-state index contributed by atoms with van der Waals surface area (Å²) in [5, 5.41) is 11.0. The van der Waals surface area contributed by atoms with Crippen LogP contribution in [0, 0.1) is 17.8 Å². The maximum Gasteiger partial charge on any atom is 0.311 e. The third kappa shape index (κ3) is 7.01. The molecule has 2 saturated carbocycles. The highest BCUT2D eigenvalue weighted by Gasteiger charge is 2.40. The van der Waals surface area contributed by atoms with Gasteiger partial charge in [0.15, 0.2) is 0 Å². The van der Waals surface area contributed by atoms with Gasteiger partial charge in [-0.05, 0) is 50.6 Å². The lowest BCUT2D eigenvalue weighted by atomic mass is 9.72. The fourth-order valence-electron chi connectivity index (χ4n) is 4.78. The normalized spacial score (nSPS) is 21.8. The summed E-state index contributed by atoms with van der Waals surface area (Å²) in [5.74, 6) is 0.153. The monoisotopic (exact) mass is 389 g/mol. The number of carbonyl (C=O) groups excluding carboxylic acids is 1. The predicted molar refractivity (Wildman–Crippen MR) is 109 cm³/mol. The Hall–Kier alpha value is -0.320. The fourth-order valence-corrected chi connectivity index (χ4v) is 4.78. The molecule has 2 atom stereocenters. The van der Waals surface area contributed by atoms with E-state index in [0.717, 1.165) is 45.3 Å². The molecule has 0 aromatic rings. The zero-order valence-corrected chi connectivity index (χ0v) is 17.6. The number of hydrogen-bond acceptors (Lipinski definition) is 4. The molecule has 0 spiro atoms. The Bertz CT molecular complexity index is 377. The van der Waals surface area contributed by atoms with E-state index in [0.29, 0.717) is 12.5 Å². The Labute approximate surface area is 166 Å². The van der Waals surface area contributed by atoms with Crippen molar-refractivity contribution in [3.8, 4) is 0 Å². The molecule has 2 unspecified atom stereocenters. The predicted octanol–water partition coefficient (Wildman–Crippen LogP) is 4.43. The van der Waals surface area contributed by atoms with Crippen LogP contribution in [0.1, 0.15) is 78.1 Å². The summed E-state index contributed by atoms with van der Waals surface area (Å²) in [5.41, 5.74) is 0. The minimum atomic E-state index is -0.510. The van der Waals surface area contributed by atoms with Crippen molar-refractivity contribution in [3.63, 3.8) is 0 Å². The Balaban J connectivity index is 0.00000338. The molecule has 0 saturated heterocycles. The molecule has 1 N–H and O–H groups in total. The van der Waals surface area contributed by atoms with Gasteiger partial charge in [0.25, 0.3) is 0 Å². The van der Waals surface area contributed by atoms with Gasteiger partial charge in [-0.25, -0.2) is 0 Å². The van der Waals surface area contributed by atoms with E-state index in [4.69, 9.17) is 4.74 Å². The highest BCUT2D eigenvalue weighted by molar-refractivity contribution is 5.85. The summed E-state index contributed by atoms with van der Waals surface area (Å²) in [6.45, 7) is 7.44. The lowest BCUT2D eigenvalue weighted by Crippen LogP contribution is -2.42. The number of halogens is 1. The van der Waals surface area contributed by atoms with Crippen LogP contribution in [0.3, 0.4) is 0 Å². The molecule has 26 heavy (non-hydrogen) atoms. The molecule has 2 aliphatic carbocycles. The van der Waals surface area contributed by atoms with Crippen LogP contribution in [0.15, 0.2) is 0 Å². The molecular weight excluding hydrogens is 350 g/mol. The number of hydrogen-bond donors (Lipinski definition) is 1. The first-order chi connectivity index (χ1) is 12.2. The number of ether oxygens (including phenoxy) is 1. The molecule has 2 rings (SSSR count). The summed E-state index contributed by atoms with van der Waals surface area (Å²) in [6.07, 6.45) is 11.0. The van der Waals surface area contributed by atoms with Crippen molar-refractivity contribution in [2.75, 3.05) is 26.2 Å². The van der Waals surface area contributed by atoms with Gasteiger partial charge in [0.2, 0.25) is 0 Å². The molecule has 4 nitrogen and oxygen atoms in total. The zero-order valence-electron chi connectivity index (χ0n) is 16.8. The van der Waals surface area contributed by atoms with Crippen LogP contribution < -0.4 is 0 Å². The second-order valence-electron chi connectivity index (χ2n) is 8.01. The van der Waals surface area contributed by atoms with E-state index in [1.54, 1.807) is 0 Å². The highest BCUT2D eigenvalue weighted by Crippen LogP contribution is 2.38. The number of rotatable bonds is 9. The third-order valence-electron chi connectivity index (χ3n) is 6.48. The van der Waals surface area contributed by atoms with Gasteiger partial charge in [-0.2, -0.15) is 0 Å². The standard InChI is InChI=1S/C21H39NO3.ClH/c1-3-22(4-2)15-16-25-21(24)19(17-11-7-5-8-12-17)20(23)18-13-9-6-10-14-18;/h17-20,23H,3-16H2,1-2H3;1H.